The summed E-state index contributed by atoms with van der Waals surface area (Å²) in [7, 11) is 0. The zero-order valence-corrected chi connectivity index (χ0v) is 13.0. The highest BCUT2D eigenvalue weighted by atomic mass is 79.9. The summed E-state index contributed by atoms with van der Waals surface area (Å²) in [6.45, 7) is 0.367. The quantitative estimate of drug-likeness (QED) is 0.620. The van der Waals surface area contributed by atoms with Gasteiger partial charge in [-0.05, 0) is 40.2 Å². The Balaban J connectivity index is 1.96. The number of carboxylic acids is 1. The summed E-state index contributed by atoms with van der Waals surface area (Å²) in [4.78, 5) is 23.6. The van der Waals surface area contributed by atoms with Crippen LogP contribution in [0.5, 0.6) is 5.75 Å². The van der Waals surface area contributed by atoms with Crippen molar-refractivity contribution in [1.29, 1.82) is 0 Å². The molecule has 2 aromatic rings. The number of anilines is 1. The zero-order chi connectivity index (χ0) is 15.4. The standard InChI is InChI=1S/C13H11BrN2O4S/c14-7-3-9(21-6-7)5-15-13(20)16-8-1-2-11(17)10(4-8)12(18)19/h1-4,6,17H,5H2,(H,18,19)(H2,15,16,20). The van der Waals surface area contributed by atoms with Crippen LogP contribution in [0.2, 0.25) is 0 Å². The van der Waals surface area contributed by atoms with Crippen molar-refractivity contribution in [3.05, 3.63) is 44.6 Å². The number of aromatic hydroxyl groups is 1. The van der Waals surface area contributed by atoms with Gasteiger partial charge in [-0.15, -0.1) is 11.3 Å². The molecule has 0 bridgehead atoms. The molecule has 0 aliphatic carbocycles. The Morgan fingerprint density at radius 2 is 2.05 bits per heavy atom. The molecule has 0 aliphatic heterocycles. The average Bonchev–Trinajstić information content (AvgIpc) is 2.84. The Kier molecular flexibility index (Phi) is 4.81. The fourth-order valence-corrected chi connectivity index (χ4v) is 2.97. The molecule has 21 heavy (non-hydrogen) atoms. The Bertz CT molecular complexity index is 687. The number of benzene rings is 1. The van der Waals surface area contributed by atoms with Crippen molar-refractivity contribution in [3.63, 3.8) is 0 Å². The van der Waals surface area contributed by atoms with Crippen LogP contribution in [-0.4, -0.2) is 22.2 Å². The van der Waals surface area contributed by atoms with Crippen molar-refractivity contribution in [3.8, 4) is 5.75 Å². The minimum absolute atomic E-state index is 0.269. The van der Waals surface area contributed by atoms with Crippen LogP contribution in [0.25, 0.3) is 0 Å². The smallest absolute Gasteiger partial charge is 0.339 e. The first-order valence-electron chi connectivity index (χ1n) is 5.80. The maximum absolute atomic E-state index is 11.7. The van der Waals surface area contributed by atoms with Crippen molar-refractivity contribution in [2.45, 2.75) is 6.54 Å². The van der Waals surface area contributed by atoms with Crippen LogP contribution in [0.4, 0.5) is 10.5 Å². The number of thiophene rings is 1. The number of amides is 2. The van der Waals surface area contributed by atoms with Crippen molar-refractivity contribution in [2.24, 2.45) is 0 Å². The number of phenols is 1. The highest BCUT2D eigenvalue weighted by molar-refractivity contribution is 9.10. The third-order valence-corrected chi connectivity index (χ3v) is 4.23. The van der Waals surface area contributed by atoms with E-state index in [1.165, 1.54) is 29.5 Å². The lowest BCUT2D eigenvalue weighted by Gasteiger charge is -2.08. The van der Waals surface area contributed by atoms with Crippen molar-refractivity contribution < 1.29 is 19.8 Å². The van der Waals surface area contributed by atoms with Gasteiger partial charge in [0, 0.05) is 20.4 Å². The van der Waals surface area contributed by atoms with E-state index in [0.29, 0.717) is 6.54 Å². The Labute approximate surface area is 132 Å². The van der Waals surface area contributed by atoms with Crippen LogP contribution in [0.1, 0.15) is 15.2 Å². The molecule has 1 heterocycles. The Morgan fingerprint density at radius 3 is 2.67 bits per heavy atom. The van der Waals surface area contributed by atoms with Gasteiger partial charge in [-0.3, -0.25) is 0 Å². The SMILES string of the molecule is O=C(NCc1cc(Br)cs1)Nc1ccc(O)c(C(=O)O)c1. The lowest BCUT2D eigenvalue weighted by atomic mass is 10.2. The lowest BCUT2D eigenvalue weighted by molar-refractivity contribution is 0.0693. The molecule has 0 unspecified atom stereocenters. The summed E-state index contributed by atoms with van der Waals surface area (Å²) in [5.74, 6) is -1.61. The minimum atomic E-state index is -1.26. The predicted octanol–water partition coefficient (Wildman–Crippen LogP) is 3.24. The van der Waals surface area contributed by atoms with Gasteiger partial charge in [-0.2, -0.15) is 0 Å². The Morgan fingerprint density at radius 1 is 1.29 bits per heavy atom. The number of hydrogen-bond acceptors (Lipinski definition) is 4. The summed E-state index contributed by atoms with van der Waals surface area (Å²) in [6, 6.07) is 5.27. The second-order valence-electron chi connectivity index (χ2n) is 4.08. The molecular formula is C13H11BrN2O4S. The molecular weight excluding hydrogens is 360 g/mol. The van der Waals surface area contributed by atoms with E-state index in [2.05, 4.69) is 26.6 Å². The summed E-state index contributed by atoms with van der Waals surface area (Å²) in [6.07, 6.45) is 0. The van der Waals surface area contributed by atoms with Gasteiger partial charge in [-0.25, -0.2) is 9.59 Å². The molecule has 1 aromatic heterocycles. The number of carboxylic acid groups (broad SMARTS) is 1. The number of halogens is 1. The molecule has 0 spiro atoms. The summed E-state index contributed by atoms with van der Waals surface area (Å²) in [5.41, 5.74) is 0.0186. The monoisotopic (exact) mass is 370 g/mol. The van der Waals surface area contributed by atoms with Gasteiger partial charge in [0.25, 0.3) is 0 Å². The van der Waals surface area contributed by atoms with Crippen LogP contribution in [0, 0.1) is 0 Å². The number of hydrogen-bond donors (Lipinski definition) is 4. The molecule has 1 aromatic carbocycles. The molecule has 6 nitrogen and oxygen atoms in total. The van der Waals surface area contributed by atoms with Crippen LogP contribution >= 0.6 is 27.3 Å². The van der Waals surface area contributed by atoms with Gasteiger partial charge in [-0.1, -0.05) is 0 Å². The molecule has 0 atom stereocenters. The van der Waals surface area contributed by atoms with E-state index in [9.17, 15) is 14.7 Å². The van der Waals surface area contributed by atoms with Gasteiger partial charge < -0.3 is 20.8 Å². The van der Waals surface area contributed by atoms with Gasteiger partial charge in [0.2, 0.25) is 0 Å². The van der Waals surface area contributed by atoms with E-state index in [4.69, 9.17) is 5.11 Å². The maximum atomic E-state index is 11.7. The third kappa shape index (κ3) is 4.20. The van der Waals surface area contributed by atoms with Crippen molar-refractivity contribution in [2.75, 3.05) is 5.32 Å². The predicted molar refractivity (Wildman–Crippen MR) is 82.9 cm³/mol. The van der Waals surface area contributed by atoms with Crippen LogP contribution in [-0.2, 0) is 6.54 Å². The first kappa shape index (κ1) is 15.3. The van der Waals surface area contributed by atoms with Crippen LogP contribution < -0.4 is 10.6 Å². The summed E-state index contributed by atoms with van der Waals surface area (Å²) < 4.78 is 0.953. The molecule has 2 rings (SSSR count). The fraction of sp³-hybridized carbons (Fsp3) is 0.0769. The molecule has 110 valence electrons. The van der Waals surface area contributed by atoms with E-state index >= 15 is 0 Å². The molecule has 0 radical (unpaired) electrons. The van der Waals surface area contributed by atoms with Gasteiger partial charge in [0.1, 0.15) is 11.3 Å². The van der Waals surface area contributed by atoms with E-state index in [0.717, 1.165) is 9.35 Å². The van der Waals surface area contributed by atoms with E-state index in [1.807, 2.05) is 11.4 Å². The normalized spacial score (nSPS) is 10.1. The lowest BCUT2D eigenvalue weighted by Crippen LogP contribution is -2.27. The molecule has 0 aliphatic rings. The van der Waals surface area contributed by atoms with E-state index in [-0.39, 0.29) is 17.0 Å². The fourth-order valence-electron chi connectivity index (χ4n) is 1.57. The highest BCUT2D eigenvalue weighted by Crippen LogP contribution is 2.22. The topological polar surface area (TPSA) is 98.7 Å². The first-order chi connectivity index (χ1) is 9.95. The Hall–Kier alpha value is -2.06. The molecule has 4 N–H and O–H groups in total. The van der Waals surface area contributed by atoms with Gasteiger partial charge in [0.05, 0.1) is 6.54 Å². The largest absolute Gasteiger partial charge is 0.507 e. The van der Waals surface area contributed by atoms with Gasteiger partial charge >= 0.3 is 12.0 Å². The zero-order valence-electron chi connectivity index (χ0n) is 10.6. The van der Waals surface area contributed by atoms with E-state index < -0.39 is 12.0 Å². The maximum Gasteiger partial charge on any atom is 0.339 e. The van der Waals surface area contributed by atoms with Crippen LogP contribution in [0.15, 0.2) is 34.1 Å². The van der Waals surface area contributed by atoms with E-state index in [1.54, 1.807) is 0 Å². The number of carbonyl (C=O) groups excluding carboxylic acids is 1. The number of aromatic carboxylic acids is 1. The highest BCUT2D eigenvalue weighted by Gasteiger charge is 2.11. The molecule has 0 saturated heterocycles. The first-order valence-corrected chi connectivity index (χ1v) is 7.47. The van der Waals surface area contributed by atoms with Gasteiger partial charge in [0.15, 0.2) is 0 Å². The summed E-state index contributed by atoms with van der Waals surface area (Å²) in [5, 5.41) is 25.3. The number of urea groups is 1. The third-order valence-electron chi connectivity index (χ3n) is 2.53. The second-order valence-corrected chi connectivity index (χ2v) is 5.99. The average molecular weight is 371 g/mol. The number of carbonyl (C=O) groups is 2. The molecule has 0 fully saturated rings. The number of nitrogens with one attached hydrogen (secondary N) is 2. The summed E-state index contributed by atoms with van der Waals surface area (Å²) >= 11 is 4.83. The van der Waals surface area contributed by atoms with Crippen LogP contribution in [0.3, 0.4) is 0 Å². The van der Waals surface area contributed by atoms with Crippen molar-refractivity contribution >= 4 is 45.0 Å². The minimum Gasteiger partial charge on any atom is -0.507 e. The molecule has 0 saturated carbocycles. The molecule has 2 amide bonds. The second kappa shape index (κ2) is 6.59. The van der Waals surface area contributed by atoms with Crippen molar-refractivity contribution in [1.82, 2.24) is 5.32 Å². The number of rotatable bonds is 4. The molecule has 8 heteroatoms.